The van der Waals surface area contributed by atoms with Gasteiger partial charge in [0.2, 0.25) is 0 Å². The summed E-state index contributed by atoms with van der Waals surface area (Å²) in [6.45, 7) is 4.66. The van der Waals surface area contributed by atoms with Crippen molar-refractivity contribution in [2.45, 2.75) is 33.1 Å². The molecule has 12 heavy (non-hydrogen) atoms. The first-order valence-electron chi connectivity index (χ1n) is 4.29. The van der Waals surface area contributed by atoms with E-state index in [0.717, 1.165) is 12.1 Å². The van der Waals surface area contributed by atoms with E-state index in [1.807, 2.05) is 0 Å². The van der Waals surface area contributed by atoms with Crippen molar-refractivity contribution in [1.82, 2.24) is 0 Å². The van der Waals surface area contributed by atoms with Gasteiger partial charge in [0, 0.05) is 5.41 Å². The molecule has 66 valence electrons. The Morgan fingerprint density at radius 3 is 2.92 bits per heavy atom. The smallest absolute Gasteiger partial charge is 0.177 e. The average molecular weight is 165 g/mol. The van der Waals surface area contributed by atoms with Gasteiger partial charge in [-0.05, 0) is 19.3 Å². The molecule has 0 saturated heterocycles. The van der Waals surface area contributed by atoms with Gasteiger partial charge >= 0.3 is 0 Å². The Bertz CT molecular complexity index is 222. The zero-order valence-electron chi connectivity index (χ0n) is 7.76. The summed E-state index contributed by atoms with van der Waals surface area (Å²) < 4.78 is 0. The summed E-state index contributed by atoms with van der Waals surface area (Å²) in [4.78, 5) is 4.95. The van der Waals surface area contributed by atoms with Gasteiger partial charge < -0.3 is 4.84 Å². The third kappa shape index (κ3) is 2.01. The molecule has 1 fully saturated rings. The highest BCUT2D eigenvalue weighted by Gasteiger charge is 2.30. The van der Waals surface area contributed by atoms with Gasteiger partial charge in [0.1, 0.15) is 0 Å². The number of hydrogen-bond donors (Lipinski definition) is 0. The Balaban J connectivity index is 2.51. The monoisotopic (exact) mass is 165 g/mol. The van der Waals surface area contributed by atoms with Gasteiger partial charge in [0.15, 0.2) is 6.61 Å². The van der Waals surface area contributed by atoms with Crippen LogP contribution in [0.5, 0.6) is 0 Å². The van der Waals surface area contributed by atoms with E-state index < -0.39 is 0 Å². The lowest BCUT2D eigenvalue weighted by Crippen LogP contribution is -2.17. The minimum atomic E-state index is 0.217. The van der Waals surface area contributed by atoms with Crippen LogP contribution >= 0.6 is 0 Å². The summed E-state index contributed by atoms with van der Waals surface area (Å²) in [6.07, 6.45) is 8.50. The predicted molar refractivity (Wildman–Crippen MR) is 49.9 cm³/mol. The molecule has 0 radical (unpaired) electrons. The molecule has 1 aliphatic carbocycles. The molecule has 0 spiro atoms. The van der Waals surface area contributed by atoms with Gasteiger partial charge in [0.25, 0.3) is 0 Å². The number of rotatable bonds is 2. The Kier molecular flexibility index (Phi) is 2.75. The molecule has 1 aliphatic rings. The Hall–Kier alpha value is -0.970. The van der Waals surface area contributed by atoms with Crippen molar-refractivity contribution < 1.29 is 4.84 Å². The molecule has 0 amide bonds. The standard InChI is InChI=1S/C10H15NO/c1-4-8-12-11-9-6-5-7-10(9,2)3/h1H,5-8H2,2-3H3/b11-9+. The molecular weight excluding hydrogens is 150 g/mol. The first kappa shape index (κ1) is 9.12. The number of hydrogen-bond acceptors (Lipinski definition) is 2. The average Bonchev–Trinajstić information content (AvgIpc) is 2.32. The molecule has 0 aromatic rings. The molecule has 0 heterocycles. The van der Waals surface area contributed by atoms with E-state index in [1.54, 1.807) is 0 Å². The van der Waals surface area contributed by atoms with Crippen molar-refractivity contribution in [3.8, 4) is 12.3 Å². The van der Waals surface area contributed by atoms with E-state index in [4.69, 9.17) is 11.3 Å². The highest BCUT2D eigenvalue weighted by atomic mass is 16.6. The van der Waals surface area contributed by atoms with Crippen LogP contribution in [0, 0.1) is 17.8 Å². The molecule has 0 aromatic heterocycles. The maximum Gasteiger partial charge on any atom is 0.177 e. The van der Waals surface area contributed by atoms with Gasteiger partial charge in [-0.25, -0.2) is 0 Å². The zero-order chi connectivity index (χ0) is 9.03. The van der Waals surface area contributed by atoms with Crippen LogP contribution in [-0.4, -0.2) is 12.3 Å². The van der Waals surface area contributed by atoms with E-state index in [9.17, 15) is 0 Å². The van der Waals surface area contributed by atoms with Gasteiger partial charge in [-0.15, -0.1) is 6.42 Å². The molecule has 0 N–H and O–H groups in total. The second-order valence-electron chi connectivity index (χ2n) is 3.75. The summed E-state index contributed by atoms with van der Waals surface area (Å²) in [7, 11) is 0. The first-order chi connectivity index (χ1) is 5.67. The number of nitrogens with zero attached hydrogens (tertiary/aromatic N) is 1. The van der Waals surface area contributed by atoms with Crippen molar-refractivity contribution in [3.63, 3.8) is 0 Å². The minimum absolute atomic E-state index is 0.217. The normalized spacial score (nSPS) is 23.9. The van der Waals surface area contributed by atoms with Gasteiger partial charge in [-0.2, -0.15) is 0 Å². The van der Waals surface area contributed by atoms with E-state index >= 15 is 0 Å². The van der Waals surface area contributed by atoms with Crippen molar-refractivity contribution in [2.75, 3.05) is 6.61 Å². The van der Waals surface area contributed by atoms with Crippen molar-refractivity contribution in [2.24, 2.45) is 10.6 Å². The summed E-state index contributed by atoms with van der Waals surface area (Å²) >= 11 is 0. The van der Waals surface area contributed by atoms with Crippen molar-refractivity contribution in [3.05, 3.63) is 0 Å². The number of terminal acetylenes is 1. The molecule has 1 rings (SSSR count). The molecule has 0 unspecified atom stereocenters. The maximum absolute atomic E-state index is 5.04. The van der Waals surface area contributed by atoms with E-state index in [2.05, 4.69) is 24.9 Å². The molecule has 0 aromatic carbocycles. The SMILES string of the molecule is C#CCO/N=C1\CCCC1(C)C. The summed E-state index contributed by atoms with van der Waals surface area (Å²) in [5, 5.41) is 4.04. The van der Waals surface area contributed by atoms with E-state index in [-0.39, 0.29) is 12.0 Å². The molecule has 2 nitrogen and oxygen atoms in total. The van der Waals surface area contributed by atoms with Crippen molar-refractivity contribution >= 4 is 5.71 Å². The Morgan fingerprint density at radius 2 is 2.42 bits per heavy atom. The van der Waals surface area contributed by atoms with Crippen LogP contribution in [0.25, 0.3) is 0 Å². The van der Waals surface area contributed by atoms with Crippen LogP contribution in [0.3, 0.4) is 0 Å². The summed E-state index contributed by atoms with van der Waals surface area (Å²) in [5.41, 5.74) is 1.37. The third-order valence-corrected chi connectivity index (χ3v) is 2.32. The van der Waals surface area contributed by atoms with E-state index in [0.29, 0.717) is 0 Å². The lowest BCUT2D eigenvalue weighted by molar-refractivity contribution is 0.176. The van der Waals surface area contributed by atoms with Crippen LogP contribution < -0.4 is 0 Å². The zero-order valence-corrected chi connectivity index (χ0v) is 7.76. The lowest BCUT2D eigenvalue weighted by Gasteiger charge is -2.16. The highest BCUT2D eigenvalue weighted by Crippen LogP contribution is 2.34. The Morgan fingerprint density at radius 1 is 1.67 bits per heavy atom. The molecular formula is C10H15NO. The van der Waals surface area contributed by atoms with Crippen LogP contribution in [0.1, 0.15) is 33.1 Å². The highest BCUT2D eigenvalue weighted by molar-refractivity contribution is 5.90. The molecule has 0 bridgehead atoms. The molecule has 0 aliphatic heterocycles. The Labute approximate surface area is 74.0 Å². The quantitative estimate of drug-likeness (QED) is 0.349. The second kappa shape index (κ2) is 3.62. The third-order valence-electron chi connectivity index (χ3n) is 2.32. The lowest BCUT2D eigenvalue weighted by atomic mass is 9.90. The predicted octanol–water partition coefficient (Wildman–Crippen LogP) is 2.20. The first-order valence-corrected chi connectivity index (χ1v) is 4.29. The number of oxime groups is 1. The van der Waals surface area contributed by atoms with Gasteiger partial charge in [0.05, 0.1) is 5.71 Å². The van der Waals surface area contributed by atoms with Gasteiger partial charge in [-0.1, -0.05) is 24.9 Å². The molecule has 1 saturated carbocycles. The molecule has 2 heteroatoms. The largest absolute Gasteiger partial charge is 0.383 e. The minimum Gasteiger partial charge on any atom is -0.383 e. The van der Waals surface area contributed by atoms with Crippen LogP contribution in [0.4, 0.5) is 0 Å². The van der Waals surface area contributed by atoms with Crippen molar-refractivity contribution in [1.29, 1.82) is 0 Å². The van der Waals surface area contributed by atoms with Crippen LogP contribution in [0.15, 0.2) is 5.16 Å². The van der Waals surface area contributed by atoms with Crippen LogP contribution in [0.2, 0.25) is 0 Å². The fourth-order valence-electron chi connectivity index (χ4n) is 1.50. The summed E-state index contributed by atoms with van der Waals surface area (Å²) in [5.74, 6) is 2.39. The van der Waals surface area contributed by atoms with Crippen LogP contribution in [-0.2, 0) is 4.84 Å². The topological polar surface area (TPSA) is 21.6 Å². The van der Waals surface area contributed by atoms with Gasteiger partial charge in [-0.3, -0.25) is 0 Å². The molecule has 0 atom stereocenters. The second-order valence-corrected chi connectivity index (χ2v) is 3.75. The fourth-order valence-corrected chi connectivity index (χ4v) is 1.50. The maximum atomic E-state index is 5.04. The summed E-state index contributed by atoms with van der Waals surface area (Å²) in [6, 6.07) is 0. The fraction of sp³-hybridized carbons (Fsp3) is 0.700. The van der Waals surface area contributed by atoms with E-state index in [1.165, 1.54) is 12.8 Å².